The van der Waals surface area contributed by atoms with Gasteiger partial charge in [0.15, 0.2) is 0 Å². The molecular weight excluding hydrogens is 373 g/mol. The Morgan fingerprint density at radius 1 is 1.24 bits per heavy atom. The fourth-order valence-corrected chi connectivity index (χ4v) is 3.68. The van der Waals surface area contributed by atoms with Crippen molar-refractivity contribution in [3.8, 4) is 11.5 Å². The maximum atomic E-state index is 13.1. The van der Waals surface area contributed by atoms with Crippen molar-refractivity contribution in [2.45, 2.75) is 32.2 Å². The lowest BCUT2D eigenvalue weighted by molar-refractivity contribution is -0.120. The van der Waals surface area contributed by atoms with E-state index in [0.29, 0.717) is 29.5 Å². The molecule has 0 aliphatic carbocycles. The van der Waals surface area contributed by atoms with Gasteiger partial charge in [0.25, 0.3) is 0 Å². The number of aryl methyl sites for hydroxylation is 1. The van der Waals surface area contributed by atoms with E-state index in [1.54, 1.807) is 25.3 Å². The first-order valence-corrected chi connectivity index (χ1v) is 9.86. The molecule has 0 bridgehead atoms. The van der Waals surface area contributed by atoms with Crippen LogP contribution in [0.5, 0.6) is 0 Å². The summed E-state index contributed by atoms with van der Waals surface area (Å²) in [5.74, 6) is 1.39. The molecule has 1 unspecified atom stereocenters. The number of oxazole rings is 1. The average Bonchev–Trinajstić information content (AvgIpc) is 3.47. The monoisotopic (exact) mass is 397 g/mol. The molecule has 152 valence electrons. The molecule has 0 radical (unpaired) electrons. The minimum Gasteiger partial charge on any atom is -0.468 e. The van der Waals surface area contributed by atoms with Crippen molar-refractivity contribution >= 4 is 5.91 Å². The molecule has 1 aromatic carbocycles. The first-order valence-electron chi connectivity index (χ1n) is 9.86. The molecular formula is C22H24FN3O3. The summed E-state index contributed by atoms with van der Waals surface area (Å²) in [6.07, 6.45) is 4.11. The van der Waals surface area contributed by atoms with Crippen LogP contribution >= 0.6 is 0 Å². The van der Waals surface area contributed by atoms with Gasteiger partial charge in [0.2, 0.25) is 11.8 Å². The number of hydrogen-bond acceptors (Lipinski definition) is 5. The fourth-order valence-electron chi connectivity index (χ4n) is 3.68. The number of nitrogens with one attached hydrogen (secondary N) is 1. The SMILES string of the molecule is Cc1oc(-c2ccc(F)cc2)nc1CC(=O)NCC(c1ccco1)N1CCCC1. The highest BCUT2D eigenvalue weighted by Crippen LogP contribution is 2.25. The summed E-state index contributed by atoms with van der Waals surface area (Å²) in [4.78, 5) is 19.3. The smallest absolute Gasteiger partial charge is 0.226 e. The lowest BCUT2D eigenvalue weighted by atomic mass is 10.2. The summed E-state index contributed by atoms with van der Waals surface area (Å²) < 4.78 is 24.4. The van der Waals surface area contributed by atoms with Crippen LogP contribution < -0.4 is 5.32 Å². The van der Waals surface area contributed by atoms with Gasteiger partial charge in [0.1, 0.15) is 17.3 Å². The first-order chi connectivity index (χ1) is 14.1. The molecule has 1 saturated heterocycles. The van der Waals surface area contributed by atoms with Crippen molar-refractivity contribution in [2.75, 3.05) is 19.6 Å². The standard InChI is InChI=1S/C22H24FN3O3/c1-15-18(25-22(29-15)16-6-8-17(23)9-7-16)13-21(27)24-14-19(20-5-4-12-28-20)26-10-2-3-11-26/h4-9,12,19H,2-3,10-11,13-14H2,1H3,(H,24,27). The maximum absolute atomic E-state index is 13.1. The van der Waals surface area contributed by atoms with Gasteiger partial charge in [-0.2, -0.15) is 0 Å². The molecule has 29 heavy (non-hydrogen) atoms. The molecule has 1 fully saturated rings. The van der Waals surface area contributed by atoms with Crippen LogP contribution in [0, 0.1) is 12.7 Å². The van der Waals surface area contributed by atoms with Crippen molar-refractivity contribution in [3.05, 3.63) is 65.7 Å². The van der Waals surface area contributed by atoms with Crippen molar-refractivity contribution < 1.29 is 18.0 Å². The Morgan fingerprint density at radius 2 is 2.00 bits per heavy atom. The number of hydrogen-bond donors (Lipinski definition) is 1. The molecule has 1 aliphatic rings. The summed E-state index contributed by atoms with van der Waals surface area (Å²) in [6, 6.07) is 9.78. The number of furan rings is 1. The van der Waals surface area contributed by atoms with E-state index in [1.807, 2.05) is 12.1 Å². The number of halogens is 1. The zero-order valence-electron chi connectivity index (χ0n) is 16.4. The third-order valence-electron chi connectivity index (χ3n) is 5.26. The molecule has 0 spiro atoms. The van der Waals surface area contributed by atoms with E-state index in [4.69, 9.17) is 8.83 Å². The molecule has 1 amide bonds. The van der Waals surface area contributed by atoms with Crippen LogP contribution in [-0.2, 0) is 11.2 Å². The number of amides is 1. The quantitative estimate of drug-likeness (QED) is 0.655. The molecule has 1 N–H and O–H groups in total. The Bertz CT molecular complexity index is 944. The van der Waals surface area contributed by atoms with Crippen LogP contribution in [0.15, 0.2) is 51.5 Å². The molecule has 6 nitrogen and oxygen atoms in total. The van der Waals surface area contributed by atoms with Gasteiger partial charge in [-0.1, -0.05) is 0 Å². The molecule has 0 saturated carbocycles. The molecule has 3 aromatic rings. The maximum Gasteiger partial charge on any atom is 0.226 e. The van der Waals surface area contributed by atoms with Gasteiger partial charge >= 0.3 is 0 Å². The highest BCUT2D eigenvalue weighted by Gasteiger charge is 2.26. The number of carbonyl (C=O) groups excluding carboxylic acids is 1. The van der Waals surface area contributed by atoms with Crippen molar-refractivity contribution in [1.29, 1.82) is 0 Å². The van der Waals surface area contributed by atoms with E-state index in [1.165, 1.54) is 12.1 Å². The highest BCUT2D eigenvalue weighted by molar-refractivity contribution is 5.78. The predicted molar refractivity (Wildman–Crippen MR) is 106 cm³/mol. The number of aromatic nitrogens is 1. The van der Waals surface area contributed by atoms with Crippen LogP contribution in [0.4, 0.5) is 4.39 Å². The van der Waals surface area contributed by atoms with Crippen molar-refractivity contribution in [2.24, 2.45) is 0 Å². The lowest BCUT2D eigenvalue weighted by Crippen LogP contribution is -2.37. The third kappa shape index (κ3) is 4.56. The topological polar surface area (TPSA) is 71.5 Å². The van der Waals surface area contributed by atoms with Gasteiger partial charge < -0.3 is 14.2 Å². The van der Waals surface area contributed by atoms with E-state index < -0.39 is 0 Å². The van der Waals surface area contributed by atoms with Crippen LogP contribution in [-0.4, -0.2) is 35.4 Å². The Kier molecular flexibility index (Phi) is 5.76. The third-order valence-corrected chi connectivity index (χ3v) is 5.26. The second-order valence-corrected chi connectivity index (χ2v) is 7.28. The zero-order chi connectivity index (χ0) is 20.2. The van der Waals surface area contributed by atoms with Crippen LogP contribution in [0.2, 0.25) is 0 Å². The van der Waals surface area contributed by atoms with Gasteiger partial charge in [-0.3, -0.25) is 9.69 Å². The van der Waals surface area contributed by atoms with Gasteiger partial charge in [-0.25, -0.2) is 9.37 Å². The largest absolute Gasteiger partial charge is 0.468 e. The number of rotatable bonds is 7. The van der Waals surface area contributed by atoms with Crippen molar-refractivity contribution in [3.63, 3.8) is 0 Å². The van der Waals surface area contributed by atoms with Crippen LogP contribution in [0.3, 0.4) is 0 Å². The van der Waals surface area contributed by atoms with E-state index >= 15 is 0 Å². The average molecular weight is 397 g/mol. The van der Waals surface area contributed by atoms with E-state index in [9.17, 15) is 9.18 Å². The van der Waals surface area contributed by atoms with Gasteiger partial charge in [0, 0.05) is 12.1 Å². The summed E-state index contributed by atoms with van der Waals surface area (Å²) in [7, 11) is 0. The second kappa shape index (κ2) is 8.61. The fraction of sp³-hybridized carbons (Fsp3) is 0.364. The minimum atomic E-state index is -0.319. The first kappa shape index (κ1) is 19.4. The molecule has 2 aromatic heterocycles. The van der Waals surface area contributed by atoms with Crippen LogP contribution in [0.1, 0.15) is 36.1 Å². The summed E-state index contributed by atoms with van der Waals surface area (Å²) in [5.41, 5.74) is 1.26. The molecule has 3 heterocycles. The summed E-state index contributed by atoms with van der Waals surface area (Å²) >= 11 is 0. The van der Waals surface area contributed by atoms with Gasteiger partial charge in [0.05, 0.1) is 24.4 Å². The van der Waals surface area contributed by atoms with Crippen LogP contribution in [0.25, 0.3) is 11.5 Å². The summed E-state index contributed by atoms with van der Waals surface area (Å²) in [5, 5.41) is 3.01. The lowest BCUT2D eigenvalue weighted by Gasteiger charge is -2.25. The second-order valence-electron chi connectivity index (χ2n) is 7.28. The minimum absolute atomic E-state index is 0.0321. The highest BCUT2D eigenvalue weighted by atomic mass is 19.1. The molecule has 1 aliphatic heterocycles. The number of likely N-dealkylation sites (tertiary alicyclic amines) is 1. The number of benzene rings is 1. The Morgan fingerprint density at radius 3 is 2.69 bits per heavy atom. The Hall–Kier alpha value is -2.93. The van der Waals surface area contributed by atoms with Crippen molar-refractivity contribution in [1.82, 2.24) is 15.2 Å². The molecule has 4 rings (SSSR count). The molecule has 7 heteroatoms. The predicted octanol–water partition coefficient (Wildman–Crippen LogP) is 3.88. The van der Waals surface area contributed by atoms with Gasteiger partial charge in [-0.05, 0) is 69.3 Å². The Balaban J connectivity index is 1.39. The summed E-state index contributed by atoms with van der Waals surface area (Å²) in [6.45, 7) is 4.27. The van der Waals surface area contributed by atoms with E-state index in [-0.39, 0.29) is 24.2 Å². The zero-order valence-corrected chi connectivity index (χ0v) is 16.4. The number of carbonyl (C=O) groups is 1. The van der Waals surface area contributed by atoms with Gasteiger partial charge in [-0.15, -0.1) is 0 Å². The van der Waals surface area contributed by atoms with E-state index in [0.717, 1.165) is 31.7 Å². The molecule has 1 atom stereocenters. The normalized spacial score (nSPS) is 15.5. The number of nitrogens with zero attached hydrogens (tertiary/aromatic N) is 2. The van der Waals surface area contributed by atoms with E-state index in [2.05, 4.69) is 15.2 Å². The Labute approximate surface area is 168 Å².